The largest absolute Gasteiger partial charge is 0.502 e. The van der Waals surface area contributed by atoms with Crippen molar-refractivity contribution >= 4 is 80.4 Å². The van der Waals surface area contributed by atoms with Crippen molar-refractivity contribution in [2.24, 2.45) is 0 Å². The summed E-state index contributed by atoms with van der Waals surface area (Å²) in [4.78, 5) is 41.7. The van der Waals surface area contributed by atoms with Crippen molar-refractivity contribution in [3.8, 4) is 51.7 Å². The van der Waals surface area contributed by atoms with Crippen LogP contribution in [-0.2, 0) is 39.8 Å². The van der Waals surface area contributed by atoms with E-state index in [0.717, 1.165) is 105 Å². The van der Waals surface area contributed by atoms with Crippen molar-refractivity contribution in [1.82, 2.24) is 4.98 Å². The number of rotatable bonds is 24. The molecule has 1 aromatic heterocycles. The molecule has 17 nitrogen and oxygen atoms in total. The molecule has 0 bridgehead atoms. The number of hydrogen-bond acceptors (Lipinski definition) is 18. The lowest BCUT2D eigenvalue weighted by atomic mass is 9.98. The molecule has 7 aromatic rings. The molecule has 5 aliphatic rings. The van der Waals surface area contributed by atoms with E-state index in [1.807, 2.05) is 51.3 Å². The van der Waals surface area contributed by atoms with E-state index in [-0.39, 0.29) is 70.9 Å². The maximum absolute atomic E-state index is 14.2. The van der Waals surface area contributed by atoms with E-state index in [4.69, 9.17) is 47.4 Å². The fraction of sp³-hybridized carbons (Fsp3) is 0.316. The van der Waals surface area contributed by atoms with Gasteiger partial charge < -0.3 is 62.7 Å². The molecular formula is C79H80F3NO16S. The third-order valence-electron chi connectivity index (χ3n) is 18.0. The van der Waals surface area contributed by atoms with Crippen molar-refractivity contribution in [2.45, 2.75) is 104 Å². The van der Waals surface area contributed by atoms with Gasteiger partial charge in [0.15, 0.2) is 47.1 Å². The molecule has 3 N–H and O–H groups in total. The number of carbonyl (C=O) groups excluding carboxylic acids is 3. The number of methoxy groups -OCH3 is 6. The number of carbonyl (C=O) groups is 3. The molecule has 21 heteroatoms. The molecule has 0 amide bonds. The molecule has 2 unspecified atom stereocenters. The van der Waals surface area contributed by atoms with Gasteiger partial charge in [-0.05, 0) is 238 Å². The Bertz CT molecular complexity index is 4370. The van der Waals surface area contributed by atoms with Crippen LogP contribution in [0.15, 0.2) is 119 Å². The van der Waals surface area contributed by atoms with Gasteiger partial charge in [-0.15, -0.1) is 11.3 Å². The van der Waals surface area contributed by atoms with E-state index in [0.29, 0.717) is 106 Å². The number of ketones is 3. The summed E-state index contributed by atoms with van der Waals surface area (Å²) in [6.07, 6.45) is 9.98. The molecule has 2 aliphatic heterocycles. The maximum atomic E-state index is 14.2. The highest BCUT2D eigenvalue weighted by Crippen LogP contribution is 2.50. The Morgan fingerprint density at radius 3 is 1.17 bits per heavy atom. The standard InChI is InChI=1S/C27H29FO6.C26H24FNO4S.C26H27FO6/c1-15-21(8-6-19(29)13-20-14-33-16(2)34-20)24-12-18(28)5-7-22(24)23(15)9-17-10-25(31-3)27(30)26(11-17)32-4;1-15-19(7-5-18(29)14-25-28-8-9-33-25)22-13-17(27)4-6-20(22)21(15)10-16-11-23(31-2)26(30)24(12-16)32-3;1-15-19(7-5-18(28)14-25-32-8-9-33-25)22-13-17(27)4-6-20(22)21(15)10-16-11-23(30-2)26(29)24(12-16)31-3/h5,7,9-12,16,20,30H,6,8,13-14H2,1-4H3;4,6,8-13,30H,5,7,14H2,1-3H3;4,6,10-13,25,29H,5,7-9,14H2,1-3H3/b23-9-;2*21-10-. The van der Waals surface area contributed by atoms with Gasteiger partial charge in [0.25, 0.3) is 0 Å². The fourth-order valence-electron chi connectivity index (χ4n) is 13.0. The van der Waals surface area contributed by atoms with Gasteiger partial charge in [0.2, 0.25) is 17.2 Å². The number of thiazole rings is 1. The van der Waals surface area contributed by atoms with Crippen molar-refractivity contribution in [1.29, 1.82) is 0 Å². The van der Waals surface area contributed by atoms with Crippen LogP contribution >= 0.6 is 11.3 Å². The molecule has 6 aromatic carbocycles. The van der Waals surface area contributed by atoms with Crippen LogP contribution in [0.25, 0.3) is 51.7 Å². The minimum absolute atomic E-state index is 0.0468. The molecule has 2 fully saturated rings. The van der Waals surface area contributed by atoms with Crippen LogP contribution in [0.5, 0.6) is 51.7 Å². The van der Waals surface area contributed by atoms with Gasteiger partial charge in [-0.2, -0.15) is 0 Å². The van der Waals surface area contributed by atoms with Crippen molar-refractivity contribution < 1.29 is 90.2 Å². The zero-order valence-corrected chi connectivity index (χ0v) is 58.2. The van der Waals surface area contributed by atoms with E-state index in [2.05, 4.69) is 4.98 Å². The minimum atomic E-state index is -0.462. The van der Waals surface area contributed by atoms with E-state index in [9.17, 15) is 42.9 Å². The fourth-order valence-corrected chi connectivity index (χ4v) is 13.6. The van der Waals surface area contributed by atoms with E-state index < -0.39 is 6.29 Å². The molecule has 0 saturated carbocycles. The number of Topliss-reactive ketones (excluding diaryl/α,β-unsaturated/α-hetero) is 3. The summed E-state index contributed by atoms with van der Waals surface area (Å²) < 4.78 is 95.7. The highest BCUT2D eigenvalue weighted by Gasteiger charge is 2.31. The predicted octanol–water partition coefficient (Wildman–Crippen LogP) is 16.3. The van der Waals surface area contributed by atoms with Crippen LogP contribution in [0.3, 0.4) is 0 Å². The molecule has 524 valence electrons. The smallest absolute Gasteiger partial charge is 0.200 e. The average Bonchev–Trinajstić information content (AvgIpc) is 1.63. The van der Waals surface area contributed by atoms with Crippen molar-refractivity contribution in [3.05, 3.63) is 192 Å². The predicted molar refractivity (Wildman–Crippen MR) is 378 cm³/mol. The summed E-state index contributed by atoms with van der Waals surface area (Å²) in [5.74, 6) is 0.840. The summed E-state index contributed by atoms with van der Waals surface area (Å²) in [6.45, 7) is 9.20. The molecule has 100 heavy (non-hydrogen) atoms. The first-order valence-corrected chi connectivity index (χ1v) is 33.5. The van der Waals surface area contributed by atoms with E-state index >= 15 is 0 Å². The maximum Gasteiger partial charge on any atom is 0.200 e. The van der Waals surface area contributed by atoms with Gasteiger partial charge in [0.1, 0.15) is 34.8 Å². The number of allylic oxidation sites excluding steroid dienone is 9. The molecule has 0 radical (unpaired) electrons. The number of ether oxygens (including phenoxy) is 10. The van der Waals surface area contributed by atoms with E-state index in [1.54, 1.807) is 60.8 Å². The first kappa shape index (κ1) is 73.0. The summed E-state index contributed by atoms with van der Waals surface area (Å²) in [5, 5.41) is 33.3. The Kier molecular flexibility index (Phi) is 24.0. The highest BCUT2D eigenvalue weighted by molar-refractivity contribution is 7.09. The lowest BCUT2D eigenvalue weighted by Gasteiger charge is -2.11. The Morgan fingerprint density at radius 2 is 0.850 bits per heavy atom. The number of halogens is 3. The lowest BCUT2D eigenvalue weighted by Crippen LogP contribution is -2.16. The minimum Gasteiger partial charge on any atom is -0.502 e. The molecule has 2 atom stereocenters. The quantitative estimate of drug-likeness (QED) is 0.0512. The average molecular weight is 1390 g/mol. The number of hydrogen-bond donors (Lipinski definition) is 3. The second kappa shape index (κ2) is 32.9. The third-order valence-corrected chi connectivity index (χ3v) is 18.8. The third kappa shape index (κ3) is 16.9. The van der Waals surface area contributed by atoms with Gasteiger partial charge in [-0.1, -0.05) is 18.2 Å². The van der Waals surface area contributed by atoms with E-state index in [1.165, 1.54) is 90.4 Å². The highest BCUT2D eigenvalue weighted by atomic mass is 32.1. The van der Waals surface area contributed by atoms with Crippen LogP contribution in [-0.4, -0.2) is 119 Å². The Balaban J connectivity index is 0.000000162. The zero-order valence-electron chi connectivity index (χ0n) is 57.4. The number of aromatic nitrogens is 1. The second-order valence-corrected chi connectivity index (χ2v) is 25.3. The van der Waals surface area contributed by atoms with Crippen LogP contribution in [0.4, 0.5) is 13.2 Å². The zero-order chi connectivity index (χ0) is 71.5. The number of nitrogens with zero attached hydrogens (tertiary/aromatic N) is 1. The number of benzene rings is 6. The normalized spacial score (nSPS) is 17.3. The van der Waals surface area contributed by atoms with Crippen LogP contribution in [0.1, 0.15) is 134 Å². The first-order valence-electron chi connectivity index (χ1n) is 32.6. The first-order chi connectivity index (χ1) is 48.1. The molecule has 12 rings (SSSR count). The number of fused-ring (bicyclic) bond motifs is 3. The SMILES string of the molecule is COc1cc(/C=C2/C(C)=C(CCC(=O)CC3COC(C)O3)c3cc(F)ccc32)cc(OC)c1O.COc1cc(/C=C2/C(C)=C(CCC(=O)CC3OCCO3)c3cc(F)ccc32)cc(OC)c1O.COc1cc(/C=C2/C(C)=C(CCC(=O)Cc3nccs3)c3cc(F)ccc32)cc(OC)c1O. The summed E-state index contributed by atoms with van der Waals surface area (Å²) in [7, 11) is 8.85. The van der Waals surface area contributed by atoms with Crippen molar-refractivity contribution in [3.63, 3.8) is 0 Å². The number of aromatic hydroxyl groups is 3. The van der Waals surface area contributed by atoms with Gasteiger partial charge >= 0.3 is 0 Å². The molecule has 3 heterocycles. The summed E-state index contributed by atoms with van der Waals surface area (Å²) in [5.41, 5.74) is 16.0. The Hall–Kier alpha value is -9.77. The lowest BCUT2D eigenvalue weighted by molar-refractivity contribution is -0.127. The summed E-state index contributed by atoms with van der Waals surface area (Å²) >= 11 is 1.47. The molecule has 0 spiro atoms. The molecule has 2 saturated heterocycles. The van der Waals surface area contributed by atoms with Crippen molar-refractivity contribution in [2.75, 3.05) is 62.5 Å². The Labute approximate surface area is 583 Å². The second-order valence-electron chi connectivity index (χ2n) is 24.3. The van der Waals surface area contributed by atoms with Crippen LogP contribution < -0.4 is 28.4 Å². The van der Waals surface area contributed by atoms with Gasteiger partial charge in [-0.3, -0.25) is 14.4 Å². The van der Waals surface area contributed by atoms with Crippen LogP contribution in [0.2, 0.25) is 0 Å². The number of phenolic OH excluding ortho intramolecular Hbond substituents is 3. The van der Waals surface area contributed by atoms with Gasteiger partial charge in [0, 0.05) is 37.3 Å². The topological polar surface area (TPSA) is 217 Å². The van der Waals surface area contributed by atoms with Gasteiger partial charge in [-0.25, -0.2) is 18.2 Å². The summed E-state index contributed by atoms with van der Waals surface area (Å²) in [6, 6.07) is 24.4. The monoisotopic (exact) mass is 1390 g/mol. The molecule has 3 aliphatic carbocycles. The van der Waals surface area contributed by atoms with Crippen LogP contribution in [0, 0.1) is 17.5 Å². The Morgan fingerprint density at radius 1 is 0.500 bits per heavy atom. The number of phenols is 3. The molecular weight excluding hydrogens is 1310 g/mol. The van der Waals surface area contributed by atoms with Gasteiger partial charge in [0.05, 0.1) is 86.4 Å².